The summed E-state index contributed by atoms with van der Waals surface area (Å²) >= 11 is 0. The molecule has 5 heteroatoms. The first-order valence-electron chi connectivity index (χ1n) is 5.62. The highest BCUT2D eigenvalue weighted by Gasteiger charge is 2.14. The number of aliphatic carboxylic acids is 1. The maximum atomic E-state index is 10.9. The molecular formula is C11H20NO4-. The van der Waals surface area contributed by atoms with Crippen molar-refractivity contribution >= 4 is 11.9 Å². The molecule has 0 heterocycles. The predicted molar refractivity (Wildman–Crippen MR) is 57.6 cm³/mol. The van der Waals surface area contributed by atoms with Gasteiger partial charge in [0.25, 0.3) is 0 Å². The van der Waals surface area contributed by atoms with Crippen LogP contribution in [0.1, 0.15) is 39.0 Å². The maximum absolute atomic E-state index is 10.9. The van der Waals surface area contributed by atoms with Gasteiger partial charge in [-0.05, 0) is 13.0 Å². The highest BCUT2D eigenvalue weighted by molar-refractivity contribution is 5.80. The summed E-state index contributed by atoms with van der Waals surface area (Å²) < 4.78 is 4.41. The molecule has 0 saturated heterocycles. The summed E-state index contributed by atoms with van der Waals surface area (Å²) in [6.45, 7) is 2.68. The molecule has 0 radical (unpaired) electrons. The van der Waals surface area contributed by atoms with Crippen molar-refractivity contribution < 1.29 is 19.4 Å². The van der Waals surface area contributed by atoms with Gasteiger partial charge in [-0.2, -0.15) is 0 Å². The van der Waals surface area contributed by atoms with E-state index in [1.54, 1.807) is 0 Å². The van der Waals surface area contributed by atoms with Gasteiger partial charge < -0.3 is 20.0 Å². The Morgan fingerprint density at radius 3 is 2.50 bits per heavy atom. The Bertz CT molecular complexity index is 218. The van der Waals surface area contributed by atoms with E-state index in [2.05, 4.69) is 17.0 Å². The smallest absolute Gasteiger partial charge is 0.307 e. The van der Waals surface area contributed by atoms with Crippen LogP contribution in [0.3, 0.4) is 0 Å². The fraction of sp³-hybridized carbons (Fsp3) is 0.818. The fourth-order valence-electron chi connectivity index (χ4n) is 1.32. The first-order chi connectivity index (χ1) is 7.61. The van der Waals surface area contributed by atoms with Gasteiger partial charge in [-0.15, -0.1) is 0 Å². The normalized spacial score (nSPS) is 12.1. The first-order valence-corrected chi connectivity index (χ1v) is 5.62. The molecule has 0 aliphatic heterocycles. The molecule has 0 aromatic rings. The molecule has 0 rings (SSSR count). The van der Waals surface area contributed by atoms with Gasteiger partial charge in [0.1, 0.15) is 0 Å². The van der Waals surface area contributed by atoms with E-state index in [9.17, 15) is 14.7 Å². The van der Waals surface area contributed by atoms with Gasteiger partial charge >= 0.3 is 5.97 Å². The summed E-state index contributed by atoms with van der Waals surface area (Å²) in [4.78, 5) is 21.6. The molecule has 16 heavy (non-hydrogen) atoms. The van der Waals surface area contributed by atoms with Gasteiger partial charge in [-0.3, -0.25) is 4.79 Å². The third kappa shape index (κ3) is 7.23. The van der Waals surface area contributed by atoms with Crippen molar-refractivity contribution in [1.82, 2.24) is 5.32 Å². The van der Waals surface area contributed by atoms with Crippen LogP contribution >= 0.6 is 0 Å². The van der Waals surface area contributed by atoms with Crippen LogP contribution in [0.25, 0.3) is 0 Å². The summed E-state index contributed by atoms with van der Waals surface area (Å²) in [5.41, 5.74) is 0. The third-order valence-corrected chi connectivity index (χ3v) is 2.30. The van der Waals surface area contributed by atoms with Crippen molar-refractivity contribution in [2.75, 3.05) is 13.7 Å². The minimum absolute atomic E-state index is 0.188. The number of carboxylic acid groups (broad SMARTS) is 1. The number of esters is 1. The van der Waals surface area contributed by atoms with Crippen LogP contribution in [0.15, 0.2) is 0 Å². The molecule has 0 bridgehead atoms. The minimum atomic E-state index is -1.26. The van der Waals surface area contributed by atoms with Gasteiger partial charge in [0.05, 0.1) is 25.5 Å². The second-order valence-electron chi connectivity index (χ2n) is 3.67. The number of rotatable bonds is 9. The average Bonchev–Trinajstić information content (AvgIpc) is 2.26. The number of methoxy groups -OCH3 is 1. The summed E-state index contributed by atoms with van der Waals surface area (Å²) in [7, 11) is 1.23. The number of nitrogens with one attached hydrogen (secondary N) is 1. The standard InChI is InChI=1S/C11H21NO4/c1-3-4-5-6-7-12-9(11(14)15)8-10(13)16-2/h9,12H,3-8H2,1-2H3,(H,14,15)/p-1/t9-/m0/s1. The lowest BCUT2D eigenvalue weighted by Gasteiger charge is -2.18. The van der Waals surface area contributed by atoms with Gasteiger partial charge in [-0.25, -0.2) is 0 Å². The quantitative estimate of drug-likeness (QED) is 0.440. The monoisotopic (exact) mass is 230 g/mol. The van der Waals surface area contributed by atoms with Gasteiger partial charge in [0, 0.05) is 0 Å². The van der Waals surface area contributed by atoms with Crippen molar-refractivity contribution in [3.63, 3.8) is 0 Å². The topological polar surface area (TPSA) is 78.5 Å². The van der Waals surface area contributed by atoms with Crippen LogP contribution in [-0.4, -0.2) is 31.6 Å². The van der Waals surface area contributed by atoms with Crippen LogP contribution < -0.4 is 10.4 Å². The number of carbonyl (C=O) groups excluding carboxylic acids is 2. The van der Waals surface area contributed by atoms with Crippen molar-refractivity contribution in [3.05, 3.63) is 0 Å². The fourth-order valence-corrected chi connectivity index (χ4v) is 1.32. The zero-order valence-corrected chi connectivity index (χ0v) is 9.95. The van der Waals surface area contributed by atoms with Crippen LogP contribution in [0, 0.1) is 0 Å². The zero-order valence-electron chi connectivity index (χ0n) is 9.95. The molecular weight excluding hydrogens is 210 g/mol. The third-order valence-electron chi connectivity index (χ3n) is 2.30. The molecule has 0 amide bonds. The van der Waals surface area contributed by atoms with Crippen molar-refractivity contribution in [1.29, 1.82) is 0 Å². The number of hydrogen-bond donors (Lipinski definition) is 1. The Hall–Kier alpha value is -1.10. The SMILES string of the molecule is CCCCCCN[C@@H](CC(=O)OC)C(=O)[O-]. The summed E-state index contributed by atoms with van der Waals surface area (Å²) in [5.74, 6) is -1.81. The molecule has 1 N–H and O–H groups in total. The van der Waals surface area contributed by atoms with E-state index in [-0.39, 0.29) is 6.42 Å². The highest BCUT2D eigenvalue weighted by Crippen LogP contribution is 1.99. The first kappa shape index (κ1) is 14.9. The Morgan fingerprint density at radius 2 is 2.00 bits per heavy atom. The molecule has 0 aliphatic rings. The summed E-state index contributed by atoms with van der Waals surface area (Å²) in [6.07, 6.45) is 4.04. The molecule has 0 aliphatic carbocycles. The second kappa shape index (κ2) is 9.15. The van der Waals surface area contributed by atoms with Gasteiger partial charge in [-0.1, -0.05) is 26.2 Å². The molecule has 94 valence electrons. The highest BCUT2D eigenvalue weighted by atomic mass is 16.5. The Labute approximate surface area is 96.2 Å². The lowest BCUT2D eigenvalue weighted by molar-refractivity contribution is -0.308. The van der Waals surface area contributed by atoms with Crippen molar-refractivity contribution in [2.24, 2.45) is 0 Å². The largest absolute Gasteiger partial charge is 0.548 e. The molecule has 5 nitrogen and oxygen atoms in total. The van der Waals surface area contributed by atoms with E-state index in [4.69, 9.17) is 0 Å². The van der Waals surface area contributed by atoms with E-state index in [0.29, 0.717) is 6.54 Å². The van der Waals surface area contributed by atoms with E-state index in [0.717, 1.165) is 25.7 Å². The molecule has 0 aromatic carbocycles. The zero-order chi connectivity index (χ0) is 12.4. The van der Waals surface area contributed by atoms with E-state index < -0.39 is 18.0 Å². The summed E-state index contributed by atoms with van der Waals surface area (Å²) in [6, 6.07) is -0.950. The molecule has 0 saturated carbocycles. The molecule has 1 atom stereocenters. The van der Waals surface area contributed by atoms with E-state index in [1.807, 2.05) is 0 Å². The number of carbonyl (C=O) groups is 2. The Morgan fingerprint density at radius 1 is 1.31 bits per heavy atom. The minimum Gasteiger partial charge on any atom is -0.548 e. The second-order valence-corrected chi connectivity index (χ2v) is 3.67. The Kier molecular flexibility index (Phi) is 8.52. The van der Waals surface area contributed by atoms with Gasteiger partial charge in [0.15, 0.2) is 0 Å². The number of carboxylic acids is 1. The van der Waals surface area contributed by atoms with Crippen molar-refractivity contribution in [2.45, 2.75) is 45.1 Å². The lowest BCUT2D eigenvalue weighted by atomic mass is 10.1. The van der Waals surface area contributed by atoms with Crippen molar-refractivity contribution in [3.8, 4) is 0 Å². The molecule has 0 spiro atoms. The number of unbranched alkanes of at least 4 members (excludes halogenated alkanes) is 3. The number of ether oxygens (including phenoxy) is 1. The van der Waals surface area contributed by atoms with E-state index in [1.165, 1.54) is 7.11 Å². The predicted octanol–water partition coefficient (Wildman–Crippen LogP) is -0.162. The molecule has 0 fully saturated rings. The maximum Gasteiger partial charge on any atom is 0.307 e. The molecule has 0 unspecified atom stereocenters. The Balaban J connectivity index is 3.77. The van der Waals surface area contributed by atoms with Crippen LogP contribution in [-0.2, 0) is 14.3 Å². The molecule has 0 aromatic heterocycles. The van der Waals surface area contributed by atoms with Crippen LogP contribution in [0.4, 0.5) is 0 Å². The number of hydrogen-bond acceptors (Lipinski definition) is 5. The van der Waals surface area contributed by atoms with Gasteiger partial charge in [0.2, 0.25) is 0 Å². The lowest BCUT2D eigenvalue weighted by Crippen LogP contribution is -2.47. The van der Waals surface area contributed by atoms with Crippen LogP contribution in [0.5, 0.6) is 0 Å². The van der Waals surface area contributed by atoms with E-state index >= 15 is 0 Å². The average molecular weight is 230 g/mol. The van der Waals surface area contributed by atoms with Crippen LogP contribution in [0.2, 0.25) is 0 Å². The summed E-state index contributed by atoms with van der Waals surface area (Å²) in [5, 5.41) is 13.5.